The molecule has 0 radical (unpaired) electrons. The van der Waals surface area contributed by atoms with Gasteiger partial charge in [-0.25, -0.2) is 0 Å². The lowest BCUT2D eigenvalue weighted by molar-refractivity contribution is -0.114. The zero-order valence-electron chi connectivity index (χ0n) is 6.49. The second-order valence-electron chi connectivity index (χ2n) is 2.25. The van der Waals surface area contributed by atoms with Crippen molar-refractivity contribution in [3.8, 4) is 6.57 Å². The summed E-state index contributed by atoms with van der Waals surface area (Å²) in [5.74, 6) is 0.00657. The molecule has 0 spiro atoms. The minimum absolute atomic E-state index is 0.00657. The first-order chi connectivity index (χ1) is 5.24. The molecule has 0 aliphatic carbocycles. The number of carbonyl (C=O) groups is 1. The van der Waals surface area contributed by atoms with Crippen LogP contribution in [0.5, 0.6) is 0 Å². The van der Waals surface area contributed by atoms with Gasteiger partial charge in [0, 0.05) is 12.8 Å². The number of hydrogen-bond donors (Lipinski definition) is 1. The van der Waals surface area contributed by atoms with Crippen molar-refractivity contribution < 1.29 is 4.79 Å². The van der Waals surface area contributed by atoms with Crippen LogP contribution in [-0.2, 0) is 4.79 Å². The summed E-state index contributed by atoms with van der Waals surface area (Å²) in [5.41, 5.74) is 5.30. The van der Waals surface area contributed by atoms with Gasteiger partial charge in [-0.2, -0.15) is 0 Å². The highest BCUT2D eigenvalue weighted by Gasteiger charge is 2.14. The van der Waals surface area contributed by atoms with E-state index in [4.69, 9.17) is 12.3 Å². The van der Waals surface area contributed by atoms with E-state index in [0.717, 1.165) is 0 Å². The summed E-state index contributed by atoms with van der Waals surface area (Å²) in [6, 6.07) is -0.0982. The molecule has 0 aliphatic heterocycles. The number of allylic oxidation sites excluding steroid dienone is 1. The summed E-state index contributed by atoms with van der Waals surface area (Å²) in [7, 11) is 0. The molecule has 60 valence electrons. The Morgan fingerprint density at radius 3 is 2.82 bits per heavy atom. The van der Waals surface area contributed by atoms with Crippen molar-refractivity contribution in [2.24, 2.45) is 5.73 Å². The molecule has 0 aromatic carbocycles. The lowest BCUT2D eigenvalue weighted by Gasteiger charge is -1.94. The van der Waals surface area contributed by atoms with Crippen molar-refractivity contribution in [1.29, 1.82) is 0 Å². The van der Waals surface area contributed by atoms with Gasteiger partial charge in [-0.05, 0) is 6.08 Å². The van der Waals surface area contributed by atoms with Gasteiger partial charge in [0.1, 0.15) is 0 Å². The summed E-state index contributed by atoms with van der Waals surface area (Å²) in [6.07, 6.45) is 2.33. The number of nitrogens with two attached hydrogens (primary N) is 1. The minimum atomic E-state index is -0.0982. The van der Waals surface area contributed by atoms with Crippen LogP contribution in [0.3, 0.4) is 0 Å². The van der Waals surface area contributed by atoms with Gasteiger partial charge >= 0.3 is 0 Å². The maximum atomic E-state index is 10.7. The third-order valence-corrected chi connectivity index (χ3v) is 1.43. The van der Waals surface area contributed by atoms with Crippen LogP contribution in [0.15, 0.2) is 12.7 Å². The Labute approximate surface area is 66.7 Å². The van der Waals surface area contributed by atoms with Crippen LogP contribution in [0.4, 0.5) is 0 Å². The molecule has 3 nitrogen and oxygen atoms in total. The van der Waals surface area contributed by atoms with E-state index in [1.54, 1.807) is 0 Å². The molecule has 0 aromatic heterocycles. The summed E-state index contributed by atoms with van der Waals surface area (Å²) >= 11 is 0. The average Bonchev–Trinajstić information content (AvgIpc) is 2.06. The van der Waals surface area contributed by atoms with Gasteiger partial charge in [0.05, 0.1) is 6.54 Å². The van der Waals surface area contributed by atoms with Gasteiger partial charge in [0.25, 0.3) is 12.6 Å². The van der Waals surface area contributed by atoms with Crippen LogP contribution >= 0.6 is 0 Å². The molecule has 0 rings (SSSR count). The highest BCUT2D eigenvalue weighted by molar-refractivity contribution is 5.88. The van der Waals surface area contributed by atoms with E-state index in [-0.39, 0.29) is 11.8 Å². The monoisotopic (exact) mass is 153 g/mol. The van der Waals surface area contributed by atoms with Gasteiger partial charge in [-0.1, -0.05) is 11.4 Å². The lowest BCUT2D eigenvalue weighted by atomic mass is 10.1. The standard InChI is InChI=1S/C8H13N2O/c1-3-8(11)5-4-7(6-9)10-2/h2-3,7H,1,4-6,9H2/q+1/t7-/m0/s1. The van der Waals surface area contributed by atoms with E-state index in [9.17, 15) is 4.79 Å². The molecule has 2 N–H and O–H groups in total. The van der Waals surface area contributed by atoms with Gasteiger partial charge in [-0.3, -0.25) is 4.79 Å². The Morgan fingerprint density at radius 2 is 2.45 bits per heavy atom. The fraction of sp³-hybridized carbons (Fsp3) is 0.500. The SMILES string of the molecule is C#[N+][C@H](CN)CCC(=O)C=C. The van der Waals surface area contributed by atoms with Crippen LogP contribution in [-0.4, -0.2) is 18.4 Å². The third-order valence-electron chi connectivity index (χ3n) is 1.43. The topological polar surface area (TPSA) is 47.5 Å². The van der Waals surface area contributed by atoms with Crippen LogP contribution in [0.1, 0.15) is 12.8 Å². The van der Waals surface area contributed by atoms with Crippen molar-refractivity contribution in [1.82, 2.24) is 0 Å². The van der Waals surface area contributed by atoms with Crippen molar-refractivity contribution in [2.45, 2.75) is 18.9 Å². The zero-order valence-corrected chi connectivity index (χ0v) is 6.49. The van der Waals surface area contributed by atoms with E-state index in [1.165, 1.54) is 6.08 Å². The smallest absolute Gasteiger partial charge is 0.284 e. The first-order valence-corrected chi connectivity index (χ1v) is 3.50. The third kappa shape index (κ3) is 4.29. The van der Waals surface area contributed by atoms with Crippen LogP contribution in [0.2, 0.25) is 0 Å². The van der Waals surface area contributed by atoms with Gasteiger partial charge < -0.3 is 5.73 Å². The van der Waals surface area contributed by atoms with Gasteiger partial charge in [0.15, 0.2) is 5.78 Å². The lowest BCUT2D eigenvalue weighted by Crippen LogP contribution is -2.17. The van der Waals surface area contributed by atoms with Crippen LogP contribution in [0, 0.1) is 6.57 Å². The molecule has 0 heterocycles. The Bertz CT molecular complexity index is 181. The molecule has 0 bridgehead atoms. The maximum Gasteiger partial charge on any atom is 0.284 e. The second-order valence-corrected chi connectivity index (χ2v) is 2.25. The molecule has 3 heteroatoms. The van der Waals surface area contributed by atoms with E-state index in [1.807, 2.05) is 0 Å². The van der Waals surface area contributed by atoms with Gasteiger partial charge in [0.2, 0.25) is 0 Å². The second kappa shape index (κ2) is 5.63. The van der Waals surface area contributed by atoms with Crippen LogP contribution in [0.25, 0.3) is 4.85 Å². The number of rotatable bonds is 5. The highest BCUT2D eigenvalue weighted by Crippen LogP contribution is 2.00. The Balaban J connectivity index is 3.61. The molecule has 0 saturated heterocycles. The highest BCUT2D eigenvalue weighted by atomic mass is 16.1. The maximum absolute atomic E-state index is 10.7. The van der Waals surface area contributed by atoms with E-state index >= 15 is 0 Å². The number of ketones is 1. The average molecular weight is 153 g/mol. The molecule has 0 aliphatic rings. The molecule has 0 amide bonds. The molecule has 11 heavy (non-hydrogen) atoms. The number of carbonyl (C=O) groups excluding carboxylic acids is 1. The number of nitrogens with zero attached hydrogens (tertiary/aromatic N) is 1. The van der Waals surface area contributed by atoms with Crippen molar-refractivity contribution in [3.63, 3.8) is 0 Å². The molecule has 0 unspecified atom stereocenters. The fourth-order valence-corrected chi connectivity index (χ4v) is 0.664. The molecule has 0 saturated carbocycles. The normalized spacial score (nSPS) is 11.6. The summed E-state index contributed by atoms with van der Waals surface area (Å²) in [4.78, 5) is 14.2. The fourth-order valence-electron chi connectivity index (χ4n) is 0.664. The first kappa shape index (κ1) is 9.86. The molecule has 1 atom stereocenters. The quantitative estimate of drug-likeness (QED) is 0.594. The summed E-state index contributed by atoms with van der Waals surface area (Å²) in [6.45, 7) is 8.76. The minimum Gasteiger partial charge on any atom is -0.324 e. The Morgan fingerprint density at radius 1 is 1.82 bits per heavy atom. The van der Waals surface area contributed by atoms with E-state index < -0.39 is 0 Å². The summed E-state index contributed by atoms with van der Waals surface area (Å²) in [5, 5.41) is 0. The zero-order chi connectivity index (χ0) is 8.69. The largest absolute Gasteiger partial charge is 0.324 e. The van der Waals surface area contributed by atoms with E-state index in [0.29, 0.717) is 19.4 Å². The predicted molar refractivity (Wildman–Crippen MR) is 45.6 cm³/mol. The van der Waals surface area contributed by atoms with Gasteiger partial charge in [-0.15, -0.1) is 0 Å². The molecule has 0 fully saturated rings. The van der Waals surface area contributed by atoms with Crippen molar-refractivity contribution in [2.75, 3.05) is 6.54 Å². The first-order valence-electron chi connectivity index (χ1n) is 3.50. The molecular weight excluding hydrogens is 140 g/mol. The van der Waals surface area contributed by atoms with Crippen molar-refractivity contribution in [3.05, 3.63) is 17.5 Å². The molecule has 0 aromatic rings. The van der Waals surface area contributed by atoms with E-state index in [2.05, 4.69) is 11.4 Å². The predicted octanol–water partition coefficient (Wildman–Crippen LogP) is 0.812. The Hall–Kier alpha value is -1.14. The van der Waals surface area contributed by atoms with Crippen LogP contribution < -0.4 is 5.73 Å². The molecular formula is C8H13N2O+. The number of hydrogen-bond acceptors (Lipinski definition) is 2. The van der Waals surface area contributed by atoms with Crippen molar-refractivity contribution >= 4 is 5.78 Å². The summed E-state index contributed by atoms with van der Waals surface area (Å²) < 4.78 is 0. The Kier molecular flexibility index (Phi) is 5.05.